The van der Waals surface area contributed by atoms with Crippen LogP contribution in [0.25, 0.3) is 10.9 Å². The molecule has 0 N–H and O–H groups in total. The van der Waals surface area contributed by atoms with Gasteiger partial charge in [0.05, 0.1) is 0 Å². The minimum absolute atomic E-state index is 0.0390. The van der Waals surface area contributed by atoms with Gasteiger partial charge in [0.25, 0.3) is 5.56 Å². The van der Waals surface area contributed by atoms with Gasteiger partial charge in [-0.25, -0.2) is 10.4 Å². The van der Waals surface area contributed by atoms with Gasteiger partial charge in [-0.2, -0.15) is 5.37 Å². The molecular weight excluding hydrogens is 210 g/mol. The molecule has 2 aromatic rings. The summed E-state index contributed by atoms with van der Waals surface area (Å²) in [6, 6.07) is 8.93. The molecule has 0 bridgehead atoms. The number of hydrogen-bond acceptors (Lipinski definition) is 3. The Hall–Kier alpha value is -1.55. The van der Waals surface area contributed by atoms with Crippen LogP contribution in [-0.2, 0) is 21.1 Å². The molecule has 0 radical (unpaired) electrons. The zero-order valence-corrected chi connectivity index (χ0v) is 8.66. The average Bonchev–Trinajstić information content (AvgIpc) is 2.26. The Kier molecular flexibility index (Phi) is 1.73. The molecular formula is C11H8NO2S-. The quantitative estimate of drug-likeness (QED) is 0.491. The minimum Gasteiger partial charge on any atom is -0.457 e. The zero-order chi connectivity index (χ0) is 10.4. The van der Waals surface area contributed by atoms with Crippen LogP contribution in [0, 0.1) is 0 Å². The smallest absolute Gasteiger partial charge is 0.251 e. The first-order valence-corrected chi connectivity index (χ1v) is 5.85. The van der Waals surface area contributed by atoms with Crippen molar-refractivity contribution in [3.05, 3.63) is 40.7 Å². The lowest BCUT2D eigenvalue weighted by Gasteiger charge is -2.20. The maximum absolute atomic E-state index is 11.7. The molecule has 0 aliphatic carbocycles. The fourth-order valence-corrected chi connectivity index (χ4v) is 2.99. The Balaban J connectivity index is 2.65. The molecule has 0 spiro atoms. The van der Waals surface area contributed by atoms with Crippen molar-refractivity contribution in [1.82, 2.24) is 4.57 Å². The fourth-order valence-electron chi connectivity index (χ4n) is 1.90. The number of benzene rings is 1. The molecule has 2 heterocycles. The highest BCUT2D eigenvalue weighted by atomic mass is 32.2. The van der Waals surface area contributed by atoms with E-state index in [1.54, 1.807) is 22.1 Å². The lowest BCUT2D eigenvalue weighted by Crippen LogP contribution is -2.23. The summed E-state index contributed by atoms with van der Waals surface area (Å²) in [4.78, 5) is 12.3. The van der Waals surface area contributed by atoms with Crippen molar-refractivity contribution in [1.29, 1.82) is 0 Å². The van der Waals surface area contributed by atoms with Gasteiger partial charge in [0.1, 0.15) is 0 Å². The molecule has 1 aliphatic rings. The second-order valence-electron chi connectivity index (χ2n) is 3.44. The Labute approximate surface area is 88.0 Å². The Bertz CT molecular complexity index is 693. The molecule has 0 atom stereocenters. The average molecular weight is 218 g/mol. The highest BCUT2D eigenvalue weighted by Crippen LogP contribution is 2.20. The second kappa shape index (κ2) is 2.97. The predicted molar refractivity (Wildman–Crippen MR) is 60.6 cm³/mol. The van der Waals surface area contributed by atoms with Crippen molar-refractivity contribution in [2.75, 3.05) is 0 Å². The molecule has 0 fully saturated rings. The molecule has 1 aromatic heterocycles. The van der Waals surface area contributed by atoms with Gasteiger partial charge in [0.2, 0.25) is 0 Å². The zero-order valence-electron chi connectivity index (χ0n) is 7.84. The van der Waals surface area contributed by atoms with Crippen LogP contribution in [0.15, 0.2) is 40.0 Å². The third-order valence-corrected chi connectivity index (χ3v) is 3.81. The van der Waals surface area contributed by atoms with Crippen molar-refractivity contribution in [2.45, 2.75) is 11.4 Å². The highest BCUT2D eigenvalue weighted by Gasteiger charge is 2.05. The molecule has 0 amide bonds. The van der Waals surface area contributed by atoms with E-state index in [-0.39, 0.29) is 5.56 Å². The molecule has 0 saturated carbocycles. The van der Waals surface area contributed by atoms with Crippen LogP contribution in [0.4, 0.5) is 0 Å². The van der Waals surface area contributed by atoms with Gasteiger partial charge in [-0.3, -0.25) is 4.79 Å². The molecule has 3 nitrogen and oxygen atoms in total. The van der Waals surface area contributed by atoms with Gasteiger partial charge in [0.15, 0.2) is 0 Å². The van der Waals surface area contributed by atoms with Crippen molar-refractivity contribution < 1.29 is 4.21 Å². The number of para-hydroxylation sites is 1. The highest BCUT2D eigenvalue weighted by molar-refractivity contribution is 7.83. The molecule has 1 aliphatic heterocycles. The number of pyridine rings is 1. The molecule has 3 rings (SSSR count). The van der Waals surface area contributed by atoms with Crippen LogP contribution in [0.1, 0.15) is 0 Å². The van der Waals surface area contributed by atoms with E-state index in [0.717, 1.165) is 15.8 Å². The maximum Gasteiger partial charge on any atom is 0.251 e. The van der Waals surface area contributed by atoms with E-state index >= 15 is 0 Å². The van der Waals surface area contributed by atoms with Gasteiger partial charge >= 0.3 is 0 Å². The number of aromatic nitrogens is 1. The third-order valence-electron chi connectivity index (χ3n) is 2.60. The normalized spacial score (nSPS) is 15.2. The Morgan fingerprint density at radius 3 is 2.93 bits per heavy atom. The summed E-state index contributed by atoms with van der Waals surface area (Å²) >= 11 is 0. The molecule has 1 aromatic carbocycles. The van der Waals surface area contributed by atoms with E-state index in [2.05, 4.69) is 0 Å². The summed E-state index contributed by atoms with van der Waals surface area (Å²) in [7, 11) is -1.08. The molecule has 4 heteroatoms. The monoisotopic (exact) mass is 218 g/mol. The third kappa shape index (κ3) is 1.15. The number of hydrogen-bond donors (Lipinski definition) is 0. The van der Waals surface area contributed by atoms with E-state index in [1.807, 2.05) is 18.2 Å². The first kappa shape index (κ1) is 8.73. The summed E-state index contributed by atoms with van der Waals surface area (Å²) in [6.45, 7) is 0.430. The standard InChI is InChI=1S/C11H8NO2S/c13-10-5-4-8-2-1-3-9-11(8)12(10)6-7-15(9)14/h1-5,7H,6H2/q-1. The number of rotatable bonds is 0. The predicted octanol–water partition coefficient (Wildman–Crippen LogP) is 1.14. The van der Waals surface area contributed by atoms with Crippen molar-refractivity contribution in [3.63, 3.8) is 0 Å². The maximum atomic E-state index is 11.7. The topological polar surface area (TPSA) is 39.1 Å². The van der Waals surface area contributed by atoms with Crippen LogP contribution >= 0.6 is 0 Å². The lowest BCUT2D eigenvalue weighted by molar-refractivity contribution is 0.602. The van der Waals surface area contributed by atoms with Crippen molar-refractivity contribution in [3.8, 4) is 0 Å². The van der Waals surface area contributed by atoms with E-state index in [0.29, 0.717) is 6.54 Å². The van der Waals surface area contributed by atoms with Gasteiger partial charge in [-0.15, -0.1) is 0 Å². The van der Waals surface area contributed by atoms with E-state index in [1.165, 1.54) is 0 Å². The summed E-state index contributed by atoms with van der Waals surface area (Å²) in [5, 5.41) is 2.62. The second-order valence-corrected chi connectivity index (χ2v) is 4.81. The van der Waals surface area contributed by atoms with Crippen LogP contribution in [0.3, 0.4) is 0 Å². The van der Waals surface area contributed by atoms with Crippen LogP contribution < -0.4 is 5.56 Å². The van der Waals surface area contributed by atoms with Crippen molar-refractivity contribution >= 4 is 26.7 Å². The van der Waals surface area contributed by atoms with Gasteiger partial charge in [-0.05, 0) is 11.5 Å². The summed E-state index contributed by atoms with van der Waals surface area (Å²) in [5.41, 5.74) is 0.772. The largest absolute Gasteiger partial charge is 0.457 e. The van der Waals surface area contributed by atoms with E-state index in [4.69, 9.17) is 0 Å². The van der Waals surface area contributed by atoms with Gasteiger partial charge in [0, 0.05) is 18.1 Å². The lowest BCUT2D eigenvalue weighted by atomic mass is 10.2. The van der Waals surface area contributed by atoms with Crippen LogP contribution in [0.2, 0.25) is 0 Å². The minimum atomic E-state index is -1.08. The SMILES string of the molecule is O=c1ccc2cccc3c2n1CC=[S-]3=O. The van der Waals surface area contributed by atoms with Gasteiger partial charge < -0.3 is 8.78 Å². The van der Waals surface area contributed by atoms with E-state index in [9.17, 15) is 9.00 Å². The molecule has 0 unspecified atom stereocenters. The summed E-state index contributed by atoms with van der Waals surface area (Å²) in [6.07, 6.45) is 0. The summed E-state index contributed by atoms with van der Waals surface area (Å²) < 4.78 is 13.4. The molecule has 0 saturated heterocycles. The van der Waals surface area contributed by atoms with Gasteiger partial charge in [-0.1, -0.05) is 23.1 Å². The Morgan fingerprint density at radius 1 is 1.20 bits per heavy atom. The summed E-state index contributed by atoms with van der Waals surface area (Å²) in [5.74, 6) is 0. The van der Waals surface area contributed by atoms with Crippen LogP contribution in [0.5, 0.6) is 0 Å². The van der Waals surface area contributed by atoms with E-state index < -0.39 is 10.4 Å². The molecule has 76 valence electrons. The fraction of sp³-hybridized carbons (Fsp3) is 0.0909. The Morgan fingerprint density at radius 2 is 2.07 bits per heavy atom. The van der Waals surface area contributed by atoms with Crippen molar-refractivity contribution in [2.24, 2.45) is 0 Å². The first-order chi connectivity index (χ1) is 7.27. The number of nitrogens with zero attached hydrogens (tertiary/aromatic N) is 1. The molecule has 15 heavy (non-hydrogen) atoms. The first-order valence-electron chi connectivity index (χ1n) is 4.64. The van der Waals surface area contributed by atoms with Crippen LogP contribution in [-0.4, -0.2) is 9.93 Å².